The normalized spacial score (nSPS) is 16.3. The summed E-state index contributed by atoms with van der Waals surface area (Å²) < 4.78 is 27.2. The Bertz CT molecular complexity index is 912. The fourth-order valence-corrected chi connectivity index (χ4v) is 5.60. The summed E-state index contributed by atoms with van der Waals surface area (Å²) >= 11 is 12.2. The Kier molecular flexibility index (Phi) is 5.86. The molecule has 26 heavy (non-hydrogen) atoms. The van der Waals surface area contributed by atoms with Crippen LogP contribution in [0.3, 0.4) is 0 Å². The number of sulfonamides is 1. The maximum atomic E-state index is 12.9. The minimum Gasteiger partial charge on any atom is -0.329 e. The van der Waals surface area contributed by atoms with E-state index in [1.54, 1.807) is 18.2 Å². The third kappa shape index (κ3) is 4.03. The van der Waals surface area contributed by atoms with Crippen molar-refractivity contribution in [3.8, 4) is 6.07 Å². The summed E-state index contributed by atoms with van der Waals surface area (Å²) in [5.41, 5.74) is 1.76. The van der Waals surface area contributed by atoms with E-state index in [0.29, 0.717) is 31.7 Å². The third-order valence-electron chi connectivity index (χ3n) is 4.48. The molecule has 1 fully saturated rings. The van der Waals surface area contributed by atoms with Gasteiger partial charge in [-0.25, -0.2) is 8.42 Å². The van der Waals surface area contributed by atoms with Gasteiger partial charge >= 0.3 is 0 Å². The Balaban J connectivity index is 1.67. The average molecular weight is 411 g/mol. The SMILES string of the molecule is N#Cc1ccc(C[NH+]2CCN(S(=O)(=O)c3c(Cl)cccc3Cl)CC2)cc1. The topological polar surface area (TPSA) is 65.6 Å². The van der Waals surface area contributed by atoms with E-state index in [1.165, 1.54) is 21.3 Å². The molecule has 0 atom stereocenters. The number of nitrogens with zero attached hydrogens (tertiary/aromatic N) is 2. The van der Waals surface area contributed by atoms with Crippen molar-refractivity contribution < 1.29 is 13.3 Å². The van der Waals surface area contributed by atoms with Crippen molar-refractivity contribution in [2.75, 3.05) is 26.2 Å². The van der Waals surface area contributed by atoms with Crippen molar-refractivity contribution in [3.63, 3.8) is 0 Å². The molecule has 1 heterocycles. The van der Waals surface area contributed by atoms with E-state index in [0.717, 1.165) is 12.1 Å². The Morgan fingerprint density at radius 3 is 2.15 bits per heavy atom. The molecule has 1 saturated heterocycles. The highest BCUT2D eigenvalue weighted by Crippen LogP contribution is 2.31. The van der Waals surface area contributed by atoms with Crippen LogP contribution >= 0.6 is 23.2 Å². The second kappa shape index (κ2) is 7.95. The lowest BCUT2D eigenvalue weighted by Gasteiger charge is -2.31. The summed E-state index contributed by atoms with van der Waals surface area (Å²) in [6, 6.07) is 14.3. The van der Waals surface area contributed by atoms with Gasteiger partial charge in [-0.05, 0) is 24.3 Å². The average Bonchev–Trinajstić information content (AvgIpc) is 2.62. The number of halogens is 2. The number of nitriles is 1. The van der Waals surface area contributed by atoms with Gasteiger partial charge in [0.2, 0.25) is 10.0 Å². The highest BCUT2D eigenvalue weighted by molar-refractivity contribution is 7.89. The van der Waals surface area contributed by atoms with Gasteiger partial charge in [0, 0.05) is 5.56 Å². The van der Waals surface area contributed by atoms with Crippen LogP contribution in [0.15, 0.2) is 47.4 Å². The molecule has 136 valence electrons. The van der Waals surface area contributed by atoms with Gasteiger partial charge in [0.25, 0.3) is 0 Å². The highest BCUT2D eigenvalue weighted by Gasteiger charge is 2.33. The maximum absolute atomic E-state index is 12.9. The molecule has 0 unspecified atom stereocenters. The first kappa shape index (κ1) is 19.2. The van der Waals surface area contributed by atoms with Crippen LogP contribution in [0.25, 0.3) is 0 Å². The summed E-state index contributed by atoms with van der Waals surface area (Å²) in [4.78, 5) is 1.28. The van der Waals surface area contributed by atoms with E-state index in [2.05, 4.69) is 6.07 Å². The summed E-state index contributed by atoms with van der Waals surface area (Å²) in [6.07, 6.45) is 0. The van der Waals surface area contributed by atoms with Crippen LogP contribution in [0.5, 0.6) is 0 Å². The van der Waals surface area contributed by atoms with Gasteiger partial charge in [-0.1, -0.05) is 41.4 Å². The Labute approximate surface area is 163 Å². The van der Waals surface area contributed by atoms with E-state index in [1.807, 2.05) is 12.1 Å². The maximum Gasteiger partial charge on any atom is 0.246 e. The molecular formula is C18H18Cl2N3O2S+. The zero-order valence-electron chi connectivity index (χ0n) is 14.0. The molecule has 0 aromatic heterocycles. The second-order valence-corrected chi connectivity index (χ2v) is 8.88. The zero-order valence-corrected chi connectivity index (χ0v) is 16.3. The molecule has 8 heteroatoms. The Morgan fingerprint density at radius 2 is 1.62 bits per heavy atom. The van der Waals surface area contributed by atoms with Gasteiger partial charge in [-0.2, -0.15) is 9.57 Å². The molecule has 3 rings (SSSR count). The predicted molar refractivity (Wildman–Crippen MR) is 101 cm³/mol. The van der Waals surface area contributed by atoms with E-state index >= 15 is 0 Å². The van der Waals surface area contributed by atoms with Crippen molar-refractivity contribution in [3.05, 3.63) is 63.6 Å². The van der Waals surface area contributed by atoms with Crippen LogP contribution in [0, 0.1) is 11.3 Å². The molecule has 5 nitrogen and oxygen atoms in total. The van der Waals surface area contributed by atoms with Crippen LogP contribution < -0.4 is 4.90 Å². The number of hydrogen-bond donors (Lipinski definition) is 1. The number of piperazine rings is 1. The van der Waals surface area contributed by atoms with E-state index in [4.69, 9.17) is 28.5 Å². The fourth-order valence-electron chi connectivity index (χ4n) is 3.06. The van der Waals surface area contributed by atoms with Crippen molar-refractivity contribution >= 4 is 33.2 Å². The molecule has 0 saturated carbocycles. The quantitative estimate of drug-likeness (QED) is 0.837. The number of benzene rings is 2. The number of hydrogen-bond acceptors (Lipinski definition) is 3. The lowest BCUT2D eigenvalue weighted by atomic mass is 10.1. The molecule has 0 radical (unpaired) electrons. The summed E-state index contributed by atoms with van der Waals surface area (Å²) in [5.74, 6) is 0. The molecule has 0 aliphatic carbocycles. The van der Waals surface area contributed by atoms with Gasteiger partial charge in [-0.3, -0.25) is 0 Å². The van der Waals surface area contributed by atoms with Crippen LogP contribution in [-0.4, -0.2) is 38.9 Å². The molecule has 2 aromatic rings. The Hall–Kier alpha value is -1.62. The highest BCUT2D eigenvalue weighted by atomic mass is 35.5. The van der Waals surface area contributed by atoms with Crippen molar-refractivity contribution in [1.82, 2.24) is 4.31 Å². The van der Waals surface area contributed by atoms with E-state index in [-0.39, 0.29) is 14.9 Å². The van der Waals surface area contributed by atoms with Crippen LogP contribution in [0.2, 0.25) is 10.0 Å². The second-order valence-electron chi connectivity index (χ2n) is 6.19. The molecule has 0 amide bonds. The number of nitrogens with one attached hydrogen (secondary N) is 1. The zero-order chi connectivity index (χ0) is 18.7. The van der Waals surface area contributed by atoms with Crippen molar-refractivity contribution in [2.24, 2.45) is 0 Å². The van der Waals surface area contributed by atoms with Gasteiger partial charge in [0.15, 0.2) is 0 Å². The first-order valence-electron chi connectivity index (χ1n) is 8.18. The Morgan fingerprint density at radius 1 is 1.04 bits per heavy atom. The smallest absolute Gasteiger partial charge is 0.246 e. The monoisotopic (exact) mass is 410 g/mol. The third-order valence-corrected chi connectivity index (χ3v) is 7.34. The summed E-state index contributed by atoms with van der Waals surface area (Å²) in [7, 11) is -3.71. The summed E-state index contributed by atoms with van der Waals surface area (Å²) in [6.45, 7) is 3.01. The molecule has 2 aromatic carbocycles. The van der Waals surface area contributed by atoms with Gasteiger partial charge < -0.3 is 4.90 Å². The van der Waals surface area contributed by atoms with E-state index in [9.17, 15) is 8.42 Å². The lowest BCUT2D eigenvalue weighted by Crippen LogP contribution is -3.13. The summed E-state index contributed by atoms with van der Waals surface area (Å²) in [5, 5.41) is 9.14. The van der Waals surface area contributed by atoms with Gasteiger partial charge in [-0.15, -0.1) is 0 Å². The fraction of sp³-hybridized carbons (Fsp3) is 0.278. The van der Waals surface area contributed by atoms with E-state index < -0.39 is 10.0 Å². The van der Waals surface area contributed by atoms with Crippen LogP contribution in [-0.2, 0) is 16.6 Å². The van der Waals surface area contributed by atoms with Crippen molar-refractivity contribution in [1.29, 1.82) is 5.26 Å². The molecule has 0 bridgehead atoms. The first-order chi connectivity index (χ1) is 12.4. The van der Waals surface area contributed by atoms with Crippen LogP contribution in [0.4, 0.5) is 0 Å². The predicted octanol–water partition coefficient (Wildman–Crippen LogP) is 1.95. The standard InChI is InChI=1S/C18H17Cl2N3O2S/c19-16-2-1-3-17(20)18(16)26(24,25)23-10-8-22(9-11-23)13-15-6-4-14(12-21)5-7-15/h1-7H,8-11,13H2/p+1. The molecular weight excluding hydrogens is 393 g/mol. The molecule has 0 spiro atoms. The van der Waals surface area contributed by atoms with Gasteiger partial charge in [0.05, 0.1) is 47.9 Å². The minimum absolute atomic E-state index is 0.0149. The van der Waals surface area contributed by atoms with Crippen molar-refractivity contribution in [2.45, 2.75) is 11.4 Å². The number of quaternary nitrogens is 1. The minimum atomic E-state index is -3.71. The molecule has 1 N–H and O–H groups in total. The first-order valence-corrected chi connectivity index (χ1v) is 10.4. The van der Waals surface area contributed by atoms with Gasteiger partial charge in [0.1, 0.15) is 11.4 Å². The molecule has 1 aliphatic rings. The molecule has 1 aliphatic heterocycles. The largest absolute Gasteiger partial charge is 0.329 e. The lowest BCUT2D eigenvalue weighted by molar-refractivity contribution is -0.917. The number of rotatable bonds is 4. The van der Waals surface area contributed by atoms with Crippen LogP contribution in [0.1, 0.15) is 11.1 Å².